The molecule has 3 rings (SSSR count). The molecule has 0 fully saturated rings. The van der Waals surface area contributed by atoms with E-state index in [1.807, 2.05) is 0 Å². The Bertz CT molecular complexity index is 941. The molecule has 0 radical (unpaired) electrons. The minimum Gasteiger partial charge on any atom is -0.388 e. The summed E-state index contributed by atoms with van der Waals surface area (Å²) in [5, 5.41) is 13.1. The standard InChI is InChI=1S/C17H10BrCl2F3O/c18-7-16(24)13-3-8-1-2-9(17(21,22)23)4-10(8)11-5-14(19)15(20)6-12(11)13/h1-6,16,24H,7H2/t16-/m1/s1. The third kappa shape index (κ3) is 3.10. The van der Waals surface area contributed by atoms with Crippen molar-refractivity contribution in [3.8, 4) is 0 Å². The molecule has 0 saturated carbocycles. The Balaban J connectivity index is 2.45. The van der Waals surface area contributed by atoms with Crippen molar-refractivity contribution in [2.75, 3.05) is 5.33 Å². The van der Waals surface area contributed by atoms with Crippen LogP contribution in [0.25, 0.3) is 21.5 Å². The van der Waals surface area contributed by atoms with Gasteiger partial charge >= 0.3 is 6.18 Å². The zero-order valence-electron chi connectivity index (χ0n) is 12.0. The molecule has 1 nitrogen and oxygen atoms in total. The van der Waals surface area contributed by atoms with Crippen LogP contribution in [0.2, 0.25) is 10.0 Å². The van der Waals surface area contributed by atoms with Crippen molar-refractivity contribution in [3.05, 3.63) is 57.6 Å². The normalized spacial score (nSPS) is 13.6. The quantitative estimate of drug-likeness (QED) is 0.347. The number of benzene rings is 3. The van der Waals surface area contributed by atoms with E-state index >= 15 is 0 Å². The van der Waals surface area contributed by atoms with Crippen LogP contribution >= 0.6 is 39.1 Å². The molecule has 1 N–H and O–H groups in total. The van der Waals surface area contributed by atoms with Crippen LogP contribution < -0.4 is 0 Å². The summed E-state index contributed by atoms with van der Waals surface area (Å²) in [6.07, 6.45) is -5.26. The SMILES string of the molecule is O[C@H](CBr)c1cc2ccc(C(F)(F)F)cc2c2cc(Cl)c(Cl)cc12. The first-order valence-electron chi connectivity index (χ1n) is 6.89. The Hall–Kier alpha value is -1.01. The van der Waals surface area contributed by atoms with Crippen molar-refractivity contribution in [2.24, 2.45) is 0 Å². The molecule has 3 aromatic carbocycles. The number of aliphatic hydroxyl groups excluding tert-OH is 1. The molecule has 3 aromatic rings. The fourth-order valence-electron chi connectivity index (χ4n) is 2.70. The van der Waals surface area contributed by atoms with Crippen molar-refractivity contribution in [1.29, 1.82) is 0 Å². The second kappa shape index (κ2) is 6.37. The first kappa shape index (κ1) is 17.8. The van der Waals surface area contributed by atoms with E-state index in [1.165, 1.54) is 12.1 Å². The summed E-state index contributed by atoms with van der Waals surface area (Å²) in [4.78, 5) is 0. The zero-order chi connectivity index (χ0) is 17.6. The van der Waals surface area contributed by atoms with Gasteiger partial charge in [-0.05, 0) is 57.4 Å². The first-order valence-corrected chi connectivity index (χ1v) is 8.76. The summed E-state index contributed by atoms with van der Waals surface area (Å²) in [5.74, 6) is 0. The maximum atomic E-state index is 13.0. The van der Waals surface area contributed by atoms with Gasteiger partial charge in [0, 0.05) is 5.33 Å². The van der Waals surface area contributed by atoms with Gasteiger partial charge in [0.05, 0.1) is 21.7 Å². The highest BCUT2D eigenvalue weighted by Crippen LogP contribution is 2.39. The van der Waals surface area contributed by atoms with Crippen LogP contribution in [0.4, 0.5) is 13.2 Å². The van der Waals surface area contributed by atoms with Crippen molar-refractivity contribution >= 4 is 60.7 Å². The largest absolute Gasteiger partial charge is 0.416 e. The second-order valence-corrected chi connectivity index (χ2v) is 6.84. The topological polar surface area (TPSA) is 20.2 Å². The summed E-state index contributed by atoms with van der Waals surface area (Å²) >= 11 is 15.3. The Morgan fingerprint density at radius 3 is 2.17 bits per heavy atom. The monoisotopic (exact) mass is 436 g/mol. The van der Waals surface area contributed by atoms with E-state index in [4.69, 9.17) is 23.2 Å². The molecular weight excluding hydrogens is 428 g/mol. The average molecular weight is 438 g/mol. The van der Waals surface area contributed by atoms with Gasteiger partial charge in [0.1, 0.15) is 0 Å². The molecule has 7 heteroatoms. The van der Waals surface area contributed by atoms with E-state index in [1.54, 1.807) is 12.1 Å². The zero-order valence-corrected chi connectivity index (χ0v) is 15.1. The number of fused-ring (bicyclic) bond motifs is 3. The van der Waals surface area contributed by atoms with Crippen LogP contribution in [0.1, 0.15) is 17.2 Å². The lowest BCUT2D eigenvalue weighted by atomic mass is 9.94. The molecule has 126 valence electrons. The molecule has 0 aliphatic carbocycles. The first-order chi connectivity index (χ1) is 11.2. The minimum absolute atomic E-state index is 0.244. The Morgan fingerprint density at radius 1 is 0.958 bits per heavy atom. The number of aliphatic hydroxyl groups is 1. The van der Waals surface area contributed by atoms with Crippen LogP contribution in [0.3, 0.4) is 0 Å². The molecule has 24 heavy (non-hydrogen) atoms. The van der Waals surface area contributed by atoms with Gasteiger partial charge in [0.2, 0.25) is 0 Å². The lowest BCUT2D eigenvalue weighted by Gasteiger charge is -2.16. The van der Waals surface area contributed by atoms with Gasteiger partial charge < -0.3 is 5.11 Å². The molecule has 0 spiro atoms. The van der Waals surface area contributed by atoms with E-state index in [0.29, 0.717) is 27.1 Å². The maximum absolute atomic E-state index is 13.0. The molecule has 0 saturated heterocycles. The van der Waals surface area contributed by atoms with Crippen LogP contribution in [0.5, 0.6) is 0 Å². The number of rotatable bonds is 2. The summed E-state index contributed by atoms with van der Waals surface area (Å²) in [7, 11) is 0. The van der Waals surface area contributed by atoms with Gasteiger partial charge in [0.25, 0.3) is 0 Å². The van der Waals surface area contributed by atoms with E-state index in [-0.39, 0.29) is 15.4 Å². The number of halogens is 6. The van der Waals surface area contributed by atoms with E-state index < -0.39 is 17.8 Å². The van der Waals surface area contributed by atoms with Crippen molar-refractivity contribution in [3.63, 3.8) is 0 Å². The molecule has 0 bridgehead atoms. The van der Waals surface area contributed by atoms with Gasteiger partial charge in [-0.3, -0.25) is 0 Å². The second-order valence-electron chi connectivity index (χ2n) is 5.38. The Kier molecular flexibility index (Phi) is 4.73. The number of alkyl halides is 4. The van der Waals surface area contributed by atoms with Crippen LogP contribution in [0, 0.1) is 0 Å². The minimum atomic E-state index is -4.44. The maximum Gasteiger partial charge on any atom is 0.416 e. The molecule has 0 aliphatic heterocycles. The Morgan fingerprint density at radius 2 is 1.58 bits per heavy atom. The third-order valence-corrected chi connectivity index (χ3v) is 5.19. The smallest absolute Gasteiger partial charge is 0.388 e. The molecule has 0 amide bonds. The van der Waals surface area contributed by atoms with E-state index in [9.17, 15) is 18.3 Å². The van der Waals surface area contributed by atoms with E-state index in [2.05, 4.69) is 15.9 Å². The molecule has 1 atom stereocenters. The average Bonchev–Trinajstić information content (AvgIpc) is 2.53. The van der Waals surface area contributed by atoms with Gasteiger partial charge in [-0.1, -0.05) is 45.2 Å². The lowest BCUT2D eigenvalue weighted by Crippen LogP contribution is -2.05. The highest BCUT2D eigenvalue weighted by atomic mass is 79.9. The van der Waals surface area contributed by atoms with Crippen LogP contribution in [-0.2, 0) is 6.18 Å². The van der Waals surface area contributed by atoms with Gasteiger partial charge in [-0.25, -0.2) is 0 Å². The summed E-state index contributed by atoms with van der Waals surface area (Å²) < 4.78 is 39.1. The molecule has 0 unspecified atom stereocenters. The van der Waals surface area contributed by atoms with Crippen molar-refractivity contribution in [2.45, 2.75) is 12.3 Å². The number of hydrogen-bond acceptors (Lipinski definition) is 1. The molecule has 0 aromatic heterocycles. The fourth-order valence-corrected chi connectivity index (χ4v) is 3.38. The Labute approximate surface area is 154 Å². The van der Waals surface area contributed by atoms with Gasteiger partial charge in [-0.2, -0.15) is 13.2 Å². The summed E-state index contributed by atoms with van der Waals surface area (Å²) in [6.45, 7) is 0. The molecule has 0 heterocycles. The lowest BCUT2D eigenvalue weighted by molar-refractivity contribution is -0.137. The van der Waals surface area contributed by atoms with E-state index in [0.717, 1.165) is 12.1 Å². The molecule has 0 aliphatic rings. The van der Waals surface area contributed by atoms with Crippen LogP contribution in [0.15, 0.2) is 36.4 Å². The number of hydrogen-bond donors (Lipinski definition) is 1. The highest BCUT2D eigenvalue weighted by molar-refractivity contribution is 9.09. The predicted molar refractivity (Wildman–Crippen MR) is 95.2 cm³/mol. The highest BCUT2D eigenvalue weighted by Gasteiger charge is 2.30. The van der Waals surface area contributed by atoms with Gasteiger partial charge in [0.15, 0.2) is 0 Å². The summed E-state index contributed by atoms with van der Waals surface area (Å²) in [6, 6.07) is 8.28. The summed E-state index contributed by atoms with van der Waals surface area (Å²) in [5.41, 5.74) is -0.163. The van der Waals surface area contributed by atoms with Gasteiger partial charge in [-0.15, -0.1) is 0 Å². The van der Waals surface area contributed by atoms with Crippen molar-refractivity contribution in [1.82, 2.24) is 0 Å². The van der Waals surface area contributed by atoms with Crippen LogP contribution in [-0.4, -0.2) is 10.4 Å². The molecular formula is C17H10BrCl2F3O. The predicted octanol–water partition coefficient (Wildman–Crippen LogP) is 6.75. The fraction of sp³-hybridized carbons (Fsp3) is 0.176. The third-order valence-electron chi connectivity index (χ3n) is 3.86. The van der Waals surface area contributed by atoms with Crippen molar-refractivity contribution < 1.29 is 18.3 Å².